The van der Waals surface area contributed by atoms with Crippen LogP contribution in [0.3, 0.4) is 0 Å². The van der Waals surface area contributed by atoms with Gasteiger partial charge in [-0.15, -0.1) is 0 Å². The Morgan fingerprint density at radius 3 is 2.88 bits per heavy atom. The van der Waals surface area contributed by atoms with Crippen molar-refractivity contribution in [3.05, 3.63) is 54.6 Å². The molecule has 3 rings (SSSR count). The third kappa shape index (κ3) is 4.08. The molecule has 0 aliphatic heterocycles. The van der Waals surface area contributed by atoms with Gasteiger partial charge in [0.2, 0.25) is 5.82 Å². The molecule has 3 heterocycles. The van der Waals surface area contributed by atoms with Gasteiger partial charge in [0.25, 0.3) is 11.8 Å². The molecule has 0 bridgehead atoms. The minimum absolute atomic E-state index is 0.146. The van der Waals surface area contributed by atoms with Crippen molar-refractivity contribution >= 4 is 11.9 Å². The lowest BCUT2D eigenvalue weighted by molar-refractivity contribution is -0.146. The monoisotopic (exact) mass is 342 g/mol. The zero-order valence-electron chi connectivity index (χ0n) is 13.3. The maximum atomic E-state index is 12.0. The number of furan rings is 1. The van der Waals surface area contributed by atoms with Crippen LogP contribution in [0.2, 0.25) is 0 Å². The number of pyridine rings is 1. The molecule has 1 amide bonds. The van der Waals surface area contributed by atoms with Crippen molar-refractivity contribution in [3.8, 4) is 11.4 Å². The molecule has 9 heteroatoms. The van der Waals surface area contributed by atoms with Crippen molar-refractivity contribution in [3.63, 3.8) is 0 Å². The lowest BCUT2D eigenvalue weighted by Crippen LogP contribution is -2.32. The summed E-state index contributed by atoms with van der Waals surface area (Å²) in [6.07, 6.45) is 4.61. The number of ether oxygens (including phenoxy) is 1. The summed E-state index contributed by atoms with van der Waals surface area (Å²) < 4.78 is 15.0. The second-order valence-corrected chi connectivity index (χ2v) is 5.05. The van der Waals surface area contributed by atoms with E-state index in [9.17, 15) is 9.59 Å². The fourth-order valence-corrected chi connectivity index (χ4v) is 1.97. The Bertz CT molecular complexity index is 845. The van der Waals surface area contributed by atoms with E-state index in [0.29, 0.717) is 11.4 Å². The summed E-state index contributed by atoms with van der Waals surface area (Å²) in [5, 5.41) is 3.79. The molecule has 0 aliphatic carbocycles. The number of esters is 1. The largest absolute Gasteiger partial charge is 0.459 e. The summed E-state index contributed by atoms with van der Waals surface area (Å²) in [7, 11) is 1.47. The van der Waals surface area contributed by atoms with Gasteiger partial charge in [-0.25, -0.2) is 0 Å². The van der Waals surface area contributed by atoms with Gasteiger partial charge in [-0.05, 0) is 24.3 Å². The minimum atomic E-state index is -0.608. The van der Waals surface area contributed by atoms with E-state index in [1.807, 2.05) is 0 Å². The van der Waals surface area contributed by atoms with Crippen LogP contribution in [0.1, 0.15) is 16.4 Å². The molecule has 0 spiro atoms. The maximum Gasteiger partial charge on any atom is 0.326 e. The zero-order valence-corrected chi connectivity index (χ0v) is 13.3. The number of aromatic nitrogens is 3. The molecule has 0 radical (unpaired) electrons. The first-order valence-corrected chi connectivity index (χ1v) is 7.31. The zero-order chi connectivity index (χ0) is 17.6. The van der Waals surface area contributed by atoms with E-state index in [0.717, 1.165) is 0 Å². The minimum Gasteiger partial charge on any atom is -0.459 e. The Labute approximate surface area is 142 Å². The first-order chi connectivity index (χ1) is 12.1. The van der Waals surface area contributed by atoms with Gasteiger partial charge in [0.05, 0.1) is 6.26 Å². The number of carbonyl (C=O) groups is 2. The van der Waals surface area contributed by atoms with E-state index in [1.165, 1.54) is 24.3 Å². The van der Waals surface area contributed by atoms with E-state index in [2.05, 4.69) is 15.1 Å². The molecule has 128 valence electrons. The average molecular weight is 342 g/mol. The topological polar surface area (TPSA) is 112 Å². The van der Waals surface area contributed by atoms with E-state index in [4.69, 9.17) is 13.7 Å². The standard InChI is InChI=1S/C16H14N4O5/c1-20(16(22)12-5-3-7-23-12)9-14(21)24-10-13-18-15(19-25-13)11-4-2-6-17-8-11/h2-8H,9-10H2,1H3. The summed E-state index contributed by atoms with van der Waals surface area (Å²) in [4.78, 5) is 33.1. The van der Waals surface area contributed by atoms with Gasteiger partial charge >= 0.3 is 5.97 Å². The van der Waals surface area contributed by atoms with Crippen LogP contribution in [0, 0.1) is 0 Å². The van der Waals surface area contributed by atoms with Gasteiger partial charge in [0.15, 0.2) is 12.4 Å². The van der Waals surface area contributed by atoms with Crippen LogP contribution < -0.4 is 0 Å². The van der Waals surface area contributed by atoms with Gasteiger partial charge in [-0.1, -0.05) is 5.16 Å². The van der Waals surface area contributed by atoms with Crippen LogP contribution in [0.4, 0.5) is 0 Å². The molecule has 3 aromatic heterocycles. The molecule has 0 saturated heterocycles. The van der Waals surface area contributed by atoms with Crippen molar-refractivity contribution in [1.82, 2.24) is 20.0 Å². The predicted molar refractivity (Wildman–Crippen MR) is 83.0 cm³/mol. The smallest absolute Gasteiger partial charge is 0.326 e. The highest BCUT2D eigenvalue weighted by Gasteiger charge is 2.18. The molecule has 0 atom stereocenters. The average Bonchev–Trinajstić information content (AvgIpc) is 3.32. The highest BCUT2D eigenvalue weighted by Crippen LogP contribution is 2.14. The molecule has 0 aromatic carbocycles. The number of rotatable bonds is 6. The summed E-state index contributed by atoms with van der Waals surface area (Å²) in [5.74, 6) is -0.382. The van der Waals surface area contributed by atoms with Crippen molar-refractivity contribution in [2.75, 3.05) is 13.6 Å². The highest BCUT2D eigenvalue weighted by molar-refractivity contribution is 5.93. The fraction of sp³-hybridized carbons (Fsp3) is 0.188. The Kier molecular flexibility index (Phi) is 4.84. The first kappa shape index (κ1) is 16.4. The number of carbonyl (C=O) groups excluding carboxylic acids is 2. The molecule has 25 heavy (non-hydrogen) atoms. The molecule has 0 saturated carbocycles. The number of amides is 1. The van der Waals surface area contributed by atoms with Crippen molar-refractivity contribution in [2.45, 2.75) is 6.61 Å². The highest BCUT2D eigenvalue weighted by atomic mass is 16.6. The summed E-state index contributed by atoms with van der Waals surface area (Å²) >= 11 is 0. The Hall–Kier alpha value is -3.49. The molecule has 0 fully saturated rings. The SMILES string of the molecule is CN(CC(=O)OCc1nc(-c2cccnc2)no1)C(=O)c1ccco1. The maximum absolute atomic E-state index is 12.0. The summed E-state index contributed by atoms with van der Waals surface area (Å²) in [6, 6.07) is 6.64. The number of hydrogen-bond donors (Lipinski definition) is 0. The third-order valence-electron chi connectivity index (χ3n) is 3.19. The molecule has 9 nitrogen and oxygen atoms in total. The van der Waals surface area contributed by atoms with Gasteiger partial charge in [-0.2, -0.15) is 4.98 Å². The van der Waals surface area contributed by atoms with Gasteiger partial charge in [-0.3, -0.25) is 14.6 Å². The Morgan fingerprint density at radius 1 is 1.28 bits per heavy atom. The van der Waals surface area contributed by atoms with E-state index in [1.54, 1.807) is 30.6 Å². The molecular weight excluding hydrogens is 328 g/mol. The lowest BCUT2D eigenvalue weighted by Gasteiger charge is -2.14. The molecule has 0 N–H and O–H groups in total. The third-order valence-corrected chi connectivity index (χ3v) is 3.19. The van der Waals surface area contributed by atoms with E-state index in [-0.39, 0.29) is 24.8 Å². The van der Waals surface area contributed by atoms with Crippen molar-refractivity contribution < 1.29 is 23.3 Å². The number of hydrogen-bond acceptors (Lipinski definition) is 8. The van der Waals surface area contributed by atoms with E-state index >= 15 is 0 Å². The molecule has 0 aliphatic rings. The second kappa shape index (κ2) is 7.39. The van der Waals surface area contributed by atoms with Gasteiger partial charge in [0.1, 0.15) is 6.54 Å². The molecular formula is C16H14N4O5. The second-order valence-electron chi connectivity index (χ2n) is 5.05. The Balaban J connectivity index is 1.51. The Morgan fingerprint density at radius 2 is 2.16 bits per heavy atom. The van der Waals surface area contributed by atoms with Gasteiger partial charge < -0.3 is 18.6 Å². The van der Waals surface area contributed by atoms with Crippen LogP contribution >= 0.6 is 0 Å². The number of likely N-dealkylation sites (N-methyl/N-ethyl adjacent to an activating group) is 1. The van der Waals surface area contributed by atoms with Crippen LogP contribution in [0.15, 0.2) is 51.9 Å². The molecule has 3 aromatic rings. The quantitative estimate of drug-likeness (QED) is 0.620. The predicted octanol–water partition coefficient (Wildman–Crippen LogP) is 1.54. The van der Waals surface area contributed by atoms with Crippen LogP contribution in [-0.2, 0) is 16.1 Å². The lowest BCUT2D eigenvalue weighted by atomic mass is 10.3. The first-order valence-electron chi connectivity index (χ1n) is 7.31. The van der Waals surface area contributed by atoms with Crippen LogP contribution in [0.5, 0.6) is 0 Å². The summed E-state index contributed by atoms with van der Waals surface area (Å²) in [5.41, 5.74) is 0.688. The van der Waals surface area contributed by atoms with Crippen LogP contribution in [0.25, 0.3) is 11.4 Å². The van der Waals surface area contributed by atoms with Gasteiger partial charge in [0, 0.05) is 25.0 Å². The van der Waals surface area contributed by atoms with Crippen molar-refractivity contribution in [1.29, 1.82) is 0 Å². The fourth-order valence-electron chi connectivity index (χ4n) is 1.97. The summed E-state index contributed by atoms with van der Waals surface area (Å²) in [6.45, 7) is -0.419. The normalized spacial score (nSPS) is 10.4. The number of nitrogens with zero attached hydrogens (tertiary/aromatic N) is 4. The van der Waals surface area contributed by atoms with Crippen molar-refractivity contribution in [2.24, 2.45) is 0 Å². The van der Waals surface area contributed by atoms with E-state index < -0.39 is 11.9 Å². The van der Waals surface area contributed by atoms with Crippen LogP contribution in [-0.4, -0.2) is 45.5 Å². The molecule has 0 unspecified atom stereocenters.